The number of benzene rings is 2. The van der Waals surface area contributed by atoms with Gasteiger partial charge in [-0.1, -0.05) is 30.3 Å². The molecule has 1 amide bonds. The quantitative estimate of drug-likeness (QED) is 0.754. The Kier molecular flexibility index (Phi) is 6.16. The molecule has 0 aliphatic rings. The molecule has 0 heterocycles. The van der Waals surface area contributed by atoms with E-state index in [2.05, 4.69) is 5.32 Å². The van der Waals surface area contributed by atoms with Gasteiger partial charge >= 0.3 is 5.97 Å². The minimum atomic E-state index is -1.34. The zero-order valence-corrected chi connectivity index (χ0v) is 13.1. The van der Waals surface area contributed by atoms with Crippen molar-refractivity contribution in [2.75, 3.05) is 0 Å². The van der Waals surface area contributed by atoms with Crippen LogP contribution in [-0.2, 0) is 22.6 Å². The zero-order valence-electron chi connectivity index (χ0n) is 13.1. The fourth-order valence-electron chi connectivity index (χ4n) is 2.38. The number of carbonyl (C=O) groups is 2. The molecule has 2 N–H and O–H groups in total. The van der Waals surface area contributed by atoms with Crippen LogP contribution in [0.15, 0.2) is 42.5 Å². The maximum absolute atomic E-state index is 13.8. The Morgan fingerprint density at radius 3 is 2.28 bits per heavy atom. The van der Waals surface area contributed by atoms with Crippen molar-refractivity contribution in [3.8, 4) is 0 Å². The highest BCUT2D eigenvalue weighted by molar-refractivity contribution is 5.83. The Morgan fingerprint density at radius 2 is 1.64 bits per heavy atom. The highest BCUT2D eigenvalue weighted by Gasteiger charge is 2.24. The molecule has 0 aromatic heterocycles. The van der Waals surface area contributed by atoms with E-state index < -0.39 is 41.7 Å². The van der Waals surface area contributed by atoms with Crippen LogP contribution in [0.5, 0.6) is 0 Å². The number of rotatable bonds is 7. The first-order valence-corrected chi connectivity index (χ1v) is 7.53. The summed E-state index contributed by atoms with van der Waals surface area (Å²) in [5, 5.41) is 11.5. The number of nitrogens with one attached hydrogen (secondary N) is 1. The lowest BCUT2D eigenvalue weighted by molar-refractivity contribution is -0.141. The van der Waals surface area contributed by atoms with Crippen LogP contribution in [0, 0.1) is 23.4 Å². The van der Waals surface area contributed by atoms with Crippen molar-refractivity contribution in [1.82, 2.24) is 5.32 Å². The van der Waals surface area contributed by atoms with E-state index in [-0.39, 0.29) is 18.5 Å². The van der Waals surface area contributed by atoms with Gasteiger partial charge in [-0.2, -0.15) is 0 Å². The van der Waals surface area contributed by atoms with Gasteiger partial charge in [0.15, 0.2) is 11.6 Å². The van der Waals surface area contributed by atoms with Gasteiger partial charge in [0, 0.05) is 12.6 Å². The van der Waals surface area contributed by atoms with Gasteiger partial charge in [0.2, 0.25) is 5.91 Å². The van der Waals surface area contributed by atoms with Crippen molar-refractivity contribution in [1.29, 1.82) is 0 Å². The Labute approximate surface area is 142 Å². The number of halogens is 3. The van der Waals surface area contributed by atoms with Gasteiger partial charge in [0.05, 0.1) is 12.3 Å². The number of amides is 1. The number of carboxylic acid groups (broad SMARTS) is 1. The number of hydrogen-bond acceptors (Lipinski definition) is 2. The van der Waals surface area contributed by atoms with Crippen LogP contribution < -0.4 is 5.32 Å². The van der Waals surface area contributed by atoms with E-state index in [1.807, 2.05) is 6.07 Å². The van der Waals surface area contributed by atoms with Crippen molar-refractivity contribution >= 4 is 11.9 Å². The largest absolute Gasteiger partial charge is 0.481 e. The average Bonchev–Trinajstić information content (AvgIpc) is 2.57. The van der Waals surface area contributed by atoms with E-state index in [1.165, 1.54) is 0 Å². The maximum atomic E-state index is 13.8. The highest BCUT2D eigenvalue weighted by atomic mass is 19.2. The average molecular weight is 351 g/mol. The first-order chi connectivity index (χ1) is 11.9. The van der Waals surface area contributed by atoms with Crippen molar-refractivity contribution in [3.63, 3.8) is 0 Å². The first-order valence-electron chi connectivity index (χ1n) is 7.53. The van der Waals surface area contributed by atoms with Gasteiger partial charge in [0.25, 0.3) is 0 Å². The smallest absolute Gasteiger partial charge is 0.304 e. The third kappa shape index (κ3) is 5.34. The molecular weight excluding hydrogens is 335 g/mol. The molecule has 4 nitrogen and oxygen atoms in total. The minimum absolute atomic E-state index is 0.177. The summed E-state index contributed by atoms with van der Waals surface area (Å²) in [6, 6.07) is 9.96. The van der Waals surface area contributed by atoms with E-state index in [9.17, 15) is 22.8 Å². The summed E-state index contributed by atoms with van der Waals surface area (Å²) in [5.74, 6) is -6.58. The molecule has 25 heavy (non-hydrogen) atoms. The summed E-state index contributed by atoms with van der Waals surface area (Å²) >= 11 is 0. The van der Waals surface area contributed by atoms with Gasteiger partial charge in [-0.25, -0.2) is 13.2 Å². The van der Waals surface area contributed by atoms with Crippen molar-refractivity contribution in [3.05, 3.63) is 71.0 Å². The first kappa shape index (κ1) is 18.5. The minimum Gasteiger partial charge on any atom is -0.481 e. The summed E-state index contributed by atoms with van der Waals surface area (Å²) in [6.45, 7) is 0.177. The third-order valence-electron chi connectivity index (χ3n) is 3.66. The van der Waals surface area contributed by atoms with Gasteiger partial charge in [-0.05, 0) is 23.6 Å². The van der Waals surface area contributed by atoms with Crippen molar-refractivity contribution in [2.24, 2.45) is 5.92 Å². The van der Waals surface area contributed by atoms with E-state index in [0.717, 1.165) is 5.56 Å². The van der Waals surface area contributed by atoms with E-state index in [1.54, 1.807) is 24.3 Å². The van der Waals surface area contributed by atoms with Crippen LogP contribution in [-0.4, -0.2) is 17.0 Å². The molecule has 0 aliphatic heterocycles. The van der Waals surface area contributed by atoms with Crippen LogP contribution in [0.3, 0.4) is 0 Å². The lowest BCUT2D eigenvalue weighted by Gasteiger charge is -2.16. The van der Waals surface area contributed by atoms with Crippen molar-refractivity contribution < 1.29 is 27.9 Å². The van der Waals surface area contributed by atoms with Crippen LogP contribution in [0.25, 0.3) is 0 Å². The predicted molar refractivity (Wildman–Crippen MR) is 84.1 cm³/mol. The summed E-state index contributed by atoms with van der Waals surface area (Å²) in [6.07, 6.45) is -0.908. The van der Waals surface area contributed by atoms with Crippen LogP contribution in [0.1, 0.15) is 17.5 Å². The summed E-state index contributed by atoms with van der Waals surface area (Å²) < 4.78 is 40.0. The fourth-order valence-corrected chi connectivity index (χ4v) is 2.38. The second kappa shape index (κ2) is 8.32. The van der Waals surface area contributed by atoms with E-state index in [0.29, 0.717) is 12.1 Å². The molecule has 2 aromatic rings. The van der Waals surface area contributed by atoms with Crippen LogP contribution in [0.2, 0.25) is 0 Å². The second-order valence-corrected chi connectivity index (χ2v) is 5.56. The molecule has 0 spiro atoms. The molecule has 0 aliphatic carbocycles. The van der Waals surface area contributed by atoms with Gasteiger partial charge < -0.3 is 10.4 Å². The molecular formula is C18H16F3NO3. The molecule has 0 saturated carbocycles. The molecule has 2 aromatic carbocycles. The highest BCUT2D eigenvalue weighted by Crippen LogP contribution is 2.19. The molecule has 0 radical (unpaired) electrons. The maximum Gasteiger partial charge on any atom is 0.304 e. The van der Waals surface area contributed by atoms with Gasteiger partial charge in [0.1, 0.15) is 5.82 Å². The molecule has 0 bridgehead atoms. The molecule has 0 saturated heterocycles. The Hall–Kier alpha value is -2.83. The second-order valence-electron chi connectivity index (χ2n) is 5.56. The Balaban J connectivity index is 2.11. The lowest BCUT2D eigenvalue weighted by atomic mass is 9.94. The monoisotopic (exact) mass is 351 g/mol. The SMILES string of the molecule is O=C(O)C[C@@H](Cc1cc(F)c(F)cc1F)C(=O)NCc1ccccc1. The summed E-state index contributed by atoms with van der Waals surface area (Å²) in [4.78, 5) is 23.2. The standard InChI is InChI=1S/C18H16F3NO3/c19-14-9-16(21)15(20)7-12(14)6-13(8-17(23)24)18(25)22-10-11-4-2-1-3-5-11/h1-5,7,9,13H,6,8,10H2,(H,22,25)(H,23,24)/t13-/m1/s1. The fraction of sp³-hybridized carbons (Fsp3) is 0.222. The Morgan fingerprint density at radius 1 is 1.00 bits per heavy atom. The molecule has 132 valence electrons. The number of aliphatic carboxylic acids is 1. The van der Waals surface area contributed by atoms with Gasteiger partial charge in [-0.3, -0.25) is 9.59 Å². The van der Waals surface area contributed by atoms with E-state index >= 15 is 0 Å². The summed E-state index contributed by atoms with van der Waals surface area (Å²) in [5.41, 5.74) is 0.559. The number of carbonyl (C=O) groups excluding carboxylic acids is 1. The zero-order chi connectivity index (χ0) is 18.4. The number of carboxylic acids is 1. The number of hydrogen-bond donors (Lipinski definition) is 2. The van der Waals surface area contributed by atoms with Crippen LogP contribution in [0.4, 0.5) is 13.2 Å². The molecule has 0 fully saturated rings. The molecule has 7 heteroatoms. The third-order valence-corrected chi connectivity index (χ3v) is 3.66. The topological polar surface area (TPSA) is 66.4 Å². The Bertz CT molecular complexity index is 766. The molecule has 2 rings (SSSR count). The van der Waals surface area contributed by atoms with Gasteiger partial charge in [-0.15, -0.1) is 0 Å². The predicted octanol–water partition coefficient (Wildman–Crippen LogP) is 3.05. The molecule has 0 unspecified atom stereocenters. The van der Waals surface area contributed by atoms with E-state index in [4.69, 9.17) is 5.11 Å². The lowest BCUT2D eigenvalue weighted by Crippen LogP contribution is -2.33. The normalized spacial score (nSPS) is 11.8. The molecule has 1 atom stereocenters. The van der Waals surface area contributed by atoms with Crippen LogP contribution >= 0.6 is 0 Å². The van der Waals surface area contributed by atoms with Crippen molar-refractivity contribution in [2.45, 2.75) is 19.4 Å². The summed E-state index contributed by atoms with van der Waals surface area (Å²) in [7, 11) is 0.